The van der Waals surface area contributed by atoms with Crippen molar-refractivity contribution in [2.45, 2.75) is 146 Å². The normalized spacial score (nSPS) is 16.9. The van der Waals surface area contributed by atoms with Gasteiger partial charge in [0, 0.05) is 45.8 Å². The standard InChI is InChI=1S/C41H40F3NO6.C41H38F3NO6/c2*1-39(2,26-49-24-28-11-7-4-8-12-28)37-18-30-17-29(19-38(47)40(15-16-40)31-13-14-35-36(20-31)51-41(43,44)50-35)33(42)21-34(30)45(37)22-32(46)25-48-23-27-9-5-3-6-10-27/h3-14,17-18,20-21,32,46H,15-16,19,22-26H2,1-2H3;3-14,17-18,20-21H,15-16,19,22-26H2,1-2H3/i2*25D2. The fraction of sp³-hybridized carbons (Fsp3) is 0.329. The van der Waals surface area contributed by atoms with Crippen LogP contribution in [0.25, 0.3) is 21.8 Å². The van der Waals surface area contributed by atoms with Crippen LogP contribution in [-0.2, 0) is 107 Å². The molecule has 1 N–H and O–H groups in total. The van der Waals surface area contributed by atoms with Crippen molar-refractivity contribution in [3.05, 3.63) is 262 Å². The number of carbonyl (C=O) groups is 3. The second kappa shape index (κ2) is 29.0. The summed E-state index contributed by atoms with van der Waals surface area (Å²) in [7, 11) is 0. The van der Waals surface area contributed by atoms with Gasteiger partial charge >= 0.3 is 12.6 Å². The van der Waals surface area contributed by atoms with Gasteiger partial charge in [-0.15, -0.1) is 17.6 Å². The Labute approximate surface area is 592 Å². The summed E-state index contributed by atoms with van der Waals surface area (Å²) in [6.45, 7) is 2.94. The number of ketones is 3. The average molecular weight is 1400 g/mol. The first-order valence-electron chi connectivity index (χ1n) is 35.6. The molecule has 0 radical (unpaired) electrons. The average Bonchev–Trinajstić information content (AvgIpc) is 1.60. The summed E-state index contributed by atoms with van der Waals surface area (Å²) in [4.78, 5) is 41.2. The number of halogens is 6. The fourth-order valence-electron chi connectivity index (χ4n) is 13.4. The number of aromatic nitrogens is 2. The first-order chi connectivity index (χ1) is 50.3. The van der Waals surface area contributed by atoms with Gasteiger partial charge in [-0.05, 0) is 131 Å². The molecule has 1 atom stereocenters. The number of hydrogen-bond donors (Lipinski definition) is 1. The van der Waals surface area contributed by atoms with Crippen molar-refractivity contribution >= 4 is 39.2 Å². The zero-order valence-corrected chi connectivity index (χ0v) is 56.6. The molecule has 20 heteroatoms. The molecule has 0 spiro atoms. The van der Waals surface area contributed by atoms with Crippen LogP contribution >= 0.6 is 0 Å². The number of rotatable bonds is 30. The van der Waals surface area contributed by atoms with Gasteiger partial charge in [-0.2, -0.15) is 0 Å². The highest BCUT2D eigenvalue weighted by atomic mass is 19.3. The van der Waals surface area contributed by atoms with Gasteiger partial charge in [-0.3, -0.25) is 14.4 Å². The van der Waals surface area contributed by atoms with E-state index in [2.05, 4.69) is 18.9 Å². The van der Waals surface area contributed by atoms with Crippen LogP contribution in [0.5, 0.6) is 23.0 Å². The Bertz CT molecular complexity index is 4900. The van der Waals surface area contributed by atoms with Crippen LogP contribution in [0.15, 0.2) is 194 Å². The van der Waals surface area contributed by atoms with E-state index in [0.29, 0.717) is 88.8 Å². The zero-order chi connectivity index (χ0) is 75.2. The van der Waals surface area contributed by atoms with E-state index in [9.17, 15) is 37.1 Å². The lowest BCUT2D eigenvalue weighted by molar-refractivity contribution is -0.287. The smallest absolute Gasteiger partial charge is 0.395 e. The molecule has 14 nitrogen and oxygen atoms in total. The maximum atomic E-state index is 16.0. The second-order valence-corrected chi connectivity index (χ2v) is 27.7. The van der Waals surface area contributed by atoms with Crippen LogP contribution in [0, 0.1) is 11.6 Å². The molecule has 2 aliphatic carbocycles. The summed E-state index contributed by atoms with van der Waals surface area (Å²) in [6, 6.07) is 55.3. The van der Waals surface area contributed by atoms with Gasteiger partial charge in [-0.1, -0.05) is 161 Å². The highest BCUT2D eigenvalue weighted by molar-refractivity contribution is 5.97. The van der Waals surface area contributed by atoms with E-state index < -0.39 is 77.4 Å². The number of aliphatic hydroxyl groups excluding tert-OH is 1. The van der Waals surface area contributed by atoms with E-state index >= 15 is 8.78 Å². The van der Waals surface area contributed by atoms with Gasteiger partial charge in [0.2, 0.25) is 0 Å². The summed E-state index contributed by atoms with van der Waals surface area (Å²) in [5.41, 5.74) is 3.38. The summed E-state index contributed by atoms with van der Waals surface area (Å²) < 4.78 is 165. The Hall–Kier alpha value is -9.57. The summed E-state index contributed by atoms with van der Waals surface area (Å²) in [5.74, 6) is -3.25. The predicted molar refractivity (Wildman–Crippen MR) is 370 cm³/mol. The molecular weight excluding hydrogens is 1320 g/mol. The van der Waals surface area contributed by atoms with Gasteiger partial charge in [0.1, 0.15) is 29.8 Å². The van der Waals surface area contributed by atoms with Crippen LogP contribution in [0.2, 0.25) is 0 Å². The van der Waals surface area contributed by atoms with E-state index in [4.69, 9.17) is 24.4 Å². The first-order valence-corrected chi connectivity index (χ1v) is 33.6. The van der Waals surface area contributed by atoms with E-state index in [1.165, 1.54) is 36.4 Å². The molecule has 530 valence electrons. The van der Waals surface area contributed by atoms with Crippen LogP contribution in [0.1, 0.15) is 115 Å². The van der Waals surface area contributed by atoms with Crippen molar-refractivity contribution in [3.63, 3.8) is 0 Å². The lowest BCUT2D eigenvalue weighted by Gasteiger charge is -2.28. The van der Waals surface area contributed by atoms with Crippen LogP contribution in [-0.4, -0.2) is 76.6 Å². The predicted octanol–water partition coefficient (Wildman–Crippen LogP) is 16.2. The molecule has 2 aliphatic heterocycles. The Kier molecular flexibility index (Phi) is 18.7. The molecule has 0 amide bonds. The van der Waals surface area contributed by atoms with Gasteiger partial charge in [0.25, 0.3) is 0 Å². The third-order valence-electron chi connectivity index (χ3n) is 19.1. The molecule has 2 saturated carbocycles. The molecule has 1 unspecified atom stereocenters. The van der Waals surface area contributed by atoms with E-state index in [1.54, 1.807) is 69.8 Å². The van der Waals surface area contributed by atoms with E-state index in [0.717, 1.165) is 16.7 Å². The molecule has 2 fully saturated rings. The van der Waals surface area contributed by atoms with Gasteiger partial charge in [-0.25, -0.2) is 8.78 Å². The molecule has 14 rings (SSSR count). The van der Waals surface area contributed by atoms with Crippen molar-refractivity contribution in [1.82, 2.24) is 9.13 Å². The third-order valence-corrected chi connectivity index (χ3v) is 19.1. The molecular formula is C82H78F6N2O12. The minimum absolute atomic E-state index is 0.0603. The topological polar surface area (TPSA) is 155 Å². The molecule has 8 aromatic carbocycles. The highest BCUT2D eigenvalue weighted by Gasteiger charge is 2.54. The molecule has 4 heterocycles. The molecule has 2 aromatic heterocycles. The first kappa shape index (κ1) is 65.7. The number of nitrogens with zero attached hydrogens (tertiary/aromatic N) is 2. The molecule has 0 saturated heterocycles. The largest absolute Gasteiger partial charge is 0.586 e. The number of Topliss-reactive ketones (excluding diaryl/α,β-unsaturated/α-hetero) is 3. The minimum atomic E-state index is -3.79. The number of hydrogen-bond acceptors (Lipinski definition) is 12. The Morgan fingerprint density at radius 3 is 1.27 bits per heavy atom. The maximum Gasteiger partial charge on any atom is 0.586 e. The van der Waals surface area contributed by atoms with E-state index in [1.807, 2.05) is 125 Å². The lowest BCUT2D eigenvalue weighted by atomic mass is 9.87. The second-order valence-electron chi connectivity index (χ2n) is 27.7. The van der Waals surface area contributed by atoms with Crippen molar-refractivity contribution < 1.29 is 89.2 Å². The van der Waals surface area contributed by atoms with Gasteiger partial charge in [0.15, 0.2) is 28.8 Å². The van der Waals surface area contributed by atoms with Gasteiger partial charge in [0.05, 0.1) is 92.7 Å². The van der Waals surface area contributed by atoms with Crippen LogP contribution < -0.4 is 18.9 Å². The molecule has 0 bridgehead atoms. The third kappa shape index (κ3) is 16.0. The zero-order valence-electron chi connectivity index (χ0n) is 60.6. The fourth-order valence-corrected chi connectivity index (χ4v) is 13.4. The monoisotopic (exact) mass is 1400 g/mol. The number of benzene rings is 8. The Morgan fingerprint density at radius 1 is 0.490 bits per heavy atom. The molecule has 10 aromatic rings. The van der Waals surface area contributed by atoms with Crippen molar-refractivity contribution in [1.29, 1.82) is 0 Å². The lowest BCUT2D eigenvalue weighted by Crippen LogP contribution is -2.30. The molecule has 102 heavy (non-hydrogen) atoms. The van der Waals surface area contributed by atoms with Crippen LogP contribution in [0.4, 0.5) is 26.3 Å². The highest BCUT2D eigenvalue weighted by Crippen LogP contribution is 2.55. The van der Waals surface area contributed by atoms with Crippen molar-refractivity contribution in [2.75, 3.05) is 26.3 Å². The Morgan fingerprint density at radius 2 is 0.863 bits per heavy atom. The van der Waals surface area contributed by atoms with Crippen molar-refractivity contribution in [2.24, 2.45) is 0 Å². The van der Waals surface area contributed by atoms with Gasteiger partial charge < -0.3 is 52.1 Å². The SMILES string of the molecule is [2H]C([2H])(OCc1ccccc1)C(=O)Cn1c(C(C)(C)COCc2ccccc2)cc2cc(CC(=O)C3(c4ccc5c(c4)OC(F)(F)O5)CC3)c(F)cc21.[2H]C([2H])(OCc1ccccc1)C(O)Cn1c(C(C)(C)COCc2ccccc2)cc2cc(CC(=O)C3(c4ccc5c(c4)OC(F)(F)O5)CC3)c(F)cc21. The number of carbonyl (C=O) groups excluding carboxylic acids is 3. The minimum Gasteiger partial charge on any atom is -0.395 e. The number of alkyl halides is 4. The Balaban J connectivity index is 0.000000188. The maximum absolute atomic E-state index is 16.0. The number of aliphatic hydroxyl groups is 1. The summed E-state index contributed by atoms with van der Waals surface area (Å²) in [6.07, 6.45) is -7.81. The van der Waals surface area contributed by atoms with E-state index in [-0.39, 0.29) is 91.5 Å². The quantitative estimate of drug-likeness (QED) is 0.0426. The summed E-state index contributed by atoms with van der Waals surface area (Å²) >= 11 is 0. The summed E-state index contributed by atoms with van der Waals surface area (Å²) in [5, 5.41) is 12.4. The number of fused-ring (bicyclic) bond motifs is 4. The number of ether oxygens (including phenoxy) is 8. The molecule has 4 aliphatic rings. The van der Waals surface area contributed by atoms with Crippen molar-refractivity contribution in [3.8, 4) is 23.0 Å². The van der Waals surface area contributed by atoms with Crippen LogP contribution in [0.3, 0.4) is 0 Å².